The Labute approximate surface area is 150 Å². The van der Waals surface area contributed by atoms with E-state index in [-0.39, 0.29) is 6.17 Å². The summed E-state index contributed by atoms with van der Waals surface area (Å²) in [5.74, 6) is 0. The molecule has 1 aromatic heterocycles. The molecule has 0 amide bonds. The van der Waals surface area contributed by atoms with Crippen molar-refractivity contribution in [3.05, 3.63) is 39.7 Å². The Morgan fingerprint density at radius 1 is 1.32 bits per heavy atom. The number of rotatable bonds is 13. The number of hydrazine groups is 1. The minimum absolute atomic E-state index is 0.387. The maximum absolute atomic E-state index is 10.9. The number of hydrogen-bond donors (Lipinski definition) is 2. The van der Waals surface area contributed by atoms with Gasteiger partial charge in [-0.3, -0.25) is 14.8 Å². The van der Waals surface area contributed by atoms with Crippen LogP contribution in [-0.2, 0) is 6.54 Å². The average Bonchev–Trinajstić information content (AvgIpc) is 2.55. The monoisotopic (exact) mass is 352 g/mol. The zero-order chi connectivity index (χ0) is 18.7. The quantitative estimate of drug-likeness (QED) is 0.243. The number of hydrogen-bond acceptors (Lipinski definition) is 6. The molecule has 1 atom stereocenters. The zero-order valence-corrected chi connectivity index (χ0v) is 15.9. The van der Waals surface area contributed by atoms with Gasteiger partial charge in [0, 0.05) is 31.6 Å². The molecule has 8 heteroatoms. The maximum Gasteiger partial charge on any atom is 0.159 e. The second-order valence-corrected chi connectivity index (χ2v) is 6.31. The van der Waals surface area contributed by atoms with Gasteiger partial charge in [0.15, 0.2) is 5.03 Å². The summed E-state index contributed by atoms with van der Waals surface area (Å²) in [6.45, 7) is 11.9. The van der Waals surface area contributed by atoms with Gasteiger partial charge in [0.1, 0.15) is 6.17 Å². The van der Waals surface area contributed by atoms with E-state index in [0.717, 1.165) is 43.9 Å². The number of aromatic nitrogens is 1. The molecule has 0 saturated heterocycles. The van der Waals surface area contributed by atoms with E-state index in [2.05, 4.69) is 39.4 Å². The van der Waals surface area contributed by atoms with Gasteiger partial charge in [-0.15, -0.1) is 5.43 Å². The van der Waals surface area contributed by atoms with Gasteiger partial charge in [0.25, 0.3) is 0 Å². The molecule has 1 aromatic rings. The third kappa shape index (κ3) is 8.76. The van der Waals surface area contributed by atoms with Crippen LogP contribution in [0.1, 0.15) is 44.9 Å². The molecule has 0 aromatic carbocycles. The first-order chi connectivity index (χ1) is 12.0. The van der Waals surface area contributed by atoms with E-state index in [1.54, 1.807) is 0 Å². The topological polar surface area (TPSA) is 86.6 Å². The van der Waals surface area contributed by atoms with Crippen LogP contribution < -0.4 is 10.7 Å². The summed E-state index contributed by atoms with van der Waals surface area (Å²) in [5, 5.41) is 13.8. The van der Waals surface area contributed by atoms with Gasteiger partial charge in [-0.25, -0.2) is 10.1 Å². The molecule has 1 heterocycles. The fraction of sp³-hybridized carbons (Fsp3) is 0.706. The minimum Gasteiger partial charge on any atom is -0.304 e. The second-order valence-electron chi connectivity index (χ2n) is 6.31. The van der Waals surface area contributed by atoms with Crippen LogP contribution in [-0.4, -0.2) is 52.4 Å². The summed E-state index contributed by atoms with van der Waals surface area (Å²) >= 11 is 0. The van der Waals surface area contributed by atoms with Crippen molar-refractivity contribution < 1.29 is 5.03 Å². The normalized spacial score (nSPS) is 12.6. The van der Waals surface area contributed by atoms with Crippen LogP contribution in [0.3, 0.4) is 0 Å². The fourth-order valence-electron chi connectivity index (χ4n) is 2.56. The van der Waals surface area contributed by atoms with Crippen LogP contribution in [0.5, 0.6) is 0 Å². The Morgan fingerprint density at radius 3 is 2.64 bits per heavy atom. The van der Waals surface area contributed by atoms with E-state index in [4.69, 9.17) is 0 Å². The predicted molar refractivity (Wildman–Crippen MR) is 99.1 cm³/mol. The Kier molecular flexibility index (Phi) is 9.98. The SMILES string of the molecule is CCCNCN(CCC)CN(Cc1ccc(C)nc1)C(C)N[N+](=O)[O-]. The molecule has 0 aliphatic carbocycles. The van der Waals surface area contributed by atoms with E-state index in [1.165, 1.54) is 0 Å². The number of aryl methyl sites for hydroxylation is 1. The first-order valence-corrected chi connectivity index (χ1v) is 8.95. The van der Waals surface area contributed by atoms with Gasteiger partial charge in [-0.1, -0.05) is 19.9 Å². The largest absolute Gasteiger partial charge is 0.304 e. The highest BCUT2D eigenvalue weighted by Gasteiger charge is 2.20. The van der Waals surface area contributed by atoms with Crippen molar-refractivity contribution in [1.29, 1.82) is 0 Å². The fourth-order valence-corrected chi connectivity index (χ4v) is 2.56. The molecule has 0 radical (unpaired) electrons. The lowest BCUT2D eigenvalue weighted by Gasteiger charge is -2.33. The van der Waals surface area contributed by atoms with Crippen molar-refractivity contribution in [3.8, 4) is 0 Å². The third-order valence-corrected chi connectivity index (χ3v) is 3.88. The first kappa shape index (κ1) is 21.3. The zero-order valence-electron chi connectivity index (χ0n) is 15.9. The lowest BCUT2D eigenvalue weighted by Crippen LogP contribution is -2.51. The average molecular weight is 352 g/mol. The summed E-state index contributed by atoms with van der Waals surface area (Å²) in [6.07, 6.45) is 3.56. The highest BCUT2D eigenvalue weighted by atomic mass is 16.7. The number of nitrogens with zero attached hydrogens (tertiary/aromatic N) is 4. The van der Waals surface area contributed by atoms with E-state index in [9.17, 15) is 10.1 Å². The summed E-state index contributed by atoms with van der Waals surface area (Å²) in [4.78, 5) is 19.5. The van der Waals surface area contributed by atoms with Gasteiger partial charge < -0.3 is 5.32 Å². The van der Waals surface area contributed by atoms with Crippen LogP contribution >= 0.6 is 0 Å². The third-order valence-electron chi connectivity index (χ3n) is 3.88. The van der Waals surface area contributed by atoms with E-state index >= 15 is 0 Å². The molecule has 2 N–H and O–H groups in total. The lowest BCUT2D eigenvalue weighted by molar-refractivity contribution is -0.555. The van der Waals surface area contributed by atoms with Crippen molar-refractivity contribution in [3.63, 3.8) is 0 Å². The number of nitrogens with one attached hydrogen (secondary N) is 2. The standard InChI is InChI=1S/C17H32N6O2/c1-5-9-18-13-21(10-6-2)14-22(16(4)20-23(24)25)12-17-8-7-15(3)19-11-17/h7-8,11,16,18,20H,5-6,9-10,12-14H2,1-4H3. The number of pyridine rings is 1. The summed E-state index contributed by atoms with van der Waals surface area (Å²) in [5.41, 5.74) is 4.37. The Balaban J connectivity index is 2.79. The van der Waals surface area contributed by atoms with Gasteiger partial charge in [0.2, 0.25) is 0 Å². The van der Waals surface area contributed by atoms with E-state index < -0.39 is 5.03 Å². The van der Waals surface area contributed by atoms with Crippen LogP contribution in [0.4, 0.5) is 0 Å². The smallest absolute Gasteiger partial charge is 0.159 e. The van der Waals surface area contributed by atoms with Crippen LogP contribution in [0.2, 0.25) is 0 Å². The summed E-state index contributed by atoms with van der Waals surface area (Å²) in [6, 6.07) is 3.99. The van der Waals surface area contributed by atoms with Gasteiger partial charge in [-0.2, -0.15) is 0 Å². The van der Waals surface area contributed by atoms with E-state index in [1.807, 2.05) is 32.2 Å². The maximum atomic E-state index is 10.9. The van der Waals surface area contributed by atoms with Crippen molar-refractivity contribution in [1.82, 2.24) is 25.5 Å². The second kappa shape index (κ2) is 11.7. The van der Waals surface area contributed by atoms with Crippen LogP contribution in [0, 0.1) is 17.0 Å². The van der Waals surface area contributed by atoms with Crippen molar-refractivity contribution in [2.24, 2.45) is 0 Å². The molecule has 1 unspecified atom stereocenters. The summed E-state index contributed by atoms with van der Waals surface area (Å²) in [7, 11) is 0. The molecule has 25 heavy (non-hydrogen) atoms. The molecule has 0 aliphatic heterocycles. The molecular weight excluding hydrogens is 320 g/mol. The van der Waals surface area contributed by atoms with Crippen molar-refractivity contribution in [2.75, 3.05) is 26.4 Å². The molecule has 0 fully saturated rings. The van der Waals surface area contributed by atoms with Crippen LogP contribution in [0.15, 0.2) is 18.3 Å². The van der Waals surface area contributed by atoms with Gasteiger partial charge >= 0.3 is 0 Å². The first-order valence-electron chi connectivity index (χ1n) is 8.95. The molecule has 142 valence electrons. The minimum atomic E-state index is -0.482. The molecule has 0 aliphatic rings. The molecule has 0 spiro atoms. The van der Waals surface area contributed by atoms with Crippen LogP contribution in [0.25, 0.3) is 0 Å². The molecule has 1 rings (SSSR count). The Hall–Kier alpha value is -1.77. The lowest BCUT2D eigenvalue weighted by atomic mass is 10.2. The highest BCUT2D eigenvalue weighted by molar-refractivity contribution is 5.13. The Morgan fingerprint density at radius 2 is 2.08 bits per heavy atom. The molecular formula is C17H32N6O2. The molecule has 0 saturated carbocycles. The molecule has 8 nitrogen and oxygen atoms in total. The van der Waals surface area contributed by atoms with Gasteiger partial charge in [0.05, 0.1) is 6.67 Å². The van der Waals surface area contributed by atoms with Crippen molar-refractivity contribution >= 4 is 0 Å². The summed E-state index contributed by atoms with van der Waals surface area (Å²) < 4.78 is 0. The Bertz CT molecular complexity index is 496. The van der Waals surface area contributed by atoms with Crippen molar-refractivity contribution in [2.45, 2.75) is 53.2 Å². The molecule has 0 bridgehead atoms. The number of nitro groups is 1. The van der Waals surface area contributed by atoms with E-state index in [0.29, 0.717) is 13.2 Å². The highest BCUT2D eigenvalue weighted by Crippen LogP contribution is 2.09. The van der Waals surface area contributed by atoms with Gasteiger partial charge in [-0.05, 0) is 44.9 Å². The predicted octanol–water partition coefficient (Wildman–Crippen LogP) is 1.95.